The summed E-state index contributed by atoms with van der Waals surface area (Å²) in [5.41, 5.74) is -0.883. The second-order valence-corrected chi connectivity index (χ2v) is 5.25. The lowest BCUT2D eigenvalue weighted by Gasteiger charge is -2.05. The van der Waals surface area contributed by atoms with Gasteiger partial charge in [-0.3, -0.25) is 20.2 Å². The number of benzene rings is 1. The molecule has 1 aromatic rings. The zero-order valence-electron chi connectivity index (χ0n) is 11.9. The van der Waals surface area contributed by atoms with Gasteiger partial charge in [0.25, 0.3) is 11.4 Å². The topological polar surface area (TPSA) is 125 Å². The summed E-state index contributed by atoms with van der Waals surface area (Å²) in [5.74, 6) is -0.472. The molecule has 0 amide bonds. The summed E-state index contributed by atoms with van der Waals surface area (Å²) < 4.78 is 5.00. The van der Waals surface area contributed by atoms with Gasteiger partial charge in [-0.25, -0.2) is 9.79 Å². The molecule has 0 N–H and O–H groups in total. The highest BCUT2D eigenvalue weighted by molar-refractivity contribution is 6.06. The van der Waals surface area contributed by atoms with Crippen molar-refractivity contribution in [1.29, 1.82) is 0 Å². The average molecular weight is 307 g/mol. The Morgan fingerprint density at radius 1 is 1.18 bits per heavy atom. The first-order valence-corrected chi connectivity index (χ1v) is 6.51. The van der Waals surface area contributed by atoms with Crippen molar-refractivity contribution in [2.45, 2.75) is 26.3 Å². The first kappa shape index (κ1) is 15.5. The van der Waals surface area contributed by atoms with E-state index in [0.717, 1.165) is 18.2 Å². The van der Waals surface area contributed by atoms with E-state index in [1.54, 1.807) is 0 Å². The minimum atomic E-state index is -0.751. The highest BCUT2D eigenvalue weighted by Crippen LogP contribution is 2.26. The molecule has 0 saturated heterocycles. The summed E-state index contributed by atoms with van der Waals surface area (Å²) in [4.78, 5) is 36.0. The SMILES string of the molecule is CC(C)C[C@@H]1N=C(c2cc([N+](=O)[O-])cc([N+](=O)[O-])c2)OC1=O. The Morgan fingerprint density at radius 3 is 2.18 bits per heavy atom. The zero-order chi connectivity index (χ0) is 16.4. The fourth-order valence-corrected chi connectivity index (χ4v) is 2.04. The van der Waals surface area contributed by atoms with Crippen LogP contribution < -0.4 is 0 Å². The maximum absolute atomic E-state index is 11.7. The van der Waals surface area contributed by atoms with Crippen LogP contribution in [0.15, 0.2) is 23.2 Å². The van der Waals surface area contributed by atoms with E-state index in [1.807, 2.05) is 13.8 Å². The lowest BCUT2D eigenvalue weighted by molar-refractivity contribution is -0.394. The average Bonchev–Trinajstić information content (AvgIpc) is 2.79. The highest BCUT2D eigenvalue weighted by atomic mass is 16.6. The molecule has 0 fully saturated rings. The maximum atomic E-state index is 11.7. The number of non-ortho nitro benzene ring substituents is 2. The van der Waals surface area contributed by atoms with Gasteiger partial charge in [0.15, 0.2) is 6.04 Å². The van der Waals surface area contributed by atoms with Gasteiger partial charge in [-0.15, -0.1) is 0 Å². The Balaban J connectivity index is 2.42. The molecule has 1 atom stereocenters. The van der Waals surface area contributed by atoms with Crippen molar-refractivity contribution in [2.75, 3.05) is 0 Å². The summed E-state index contributed by atoms with van der Waals surface area (Å²) in [5, 5.41) is 21.7. The largest absolute Gasteiger partial charge is 0.406 e. The van der Waals surface area contributed by atoms with Crippen LogP contribution in [0.1, 0.15) is 25.8 Å². The van der Waals surface area contributed by atoms with Crippen LogP contribution in [0.5, 0.6) is 0 Å². The molecule has 116 valence electrons. The number of nitrogens with zero attached hydrogens (tertiary/aromatic N) is 3. The van der Waals surface area contributed by atoms with Crippen LogP contribution in [0.4, 0.5) is 11.4 Å². The number of nitro benzene ring substituents is 2. The number of carbonyl (C=O) groups excluding carboxylic acids is 1. The second-order valence-electron chi connectivity index (χ2n) is 5.25. The number of esters is 1. The lowest BCUT2D eigenvalue weighted by Crippen LogP contribution is -2.17. The Hall–Kier alpha value is -2.84. The third kappa shape index (κ3) is 3.25. The Labute approximate surface area is 124 Å². The third-order valence-electron chi connectivity index (χ3n) is 3.01. The molecule has 22 heavy (non-hydrogen) atoms. The van der Waals surface area contributed by atoms with Crippen LogP contribution in [0, 0.1) is 26.1 Å². The fraction of sp³-hybridized carbons (Fsp3) is 0.385. The Kier molecular flexibility index (Phi) is 4.15. The van der Waals surface area contributed by atoms with Crippen molar-refractivity contribution in [2.24, 2.45) is 10.9 Å². The number of cyclic esters (lactones) is 1. The van der Waals surface area contributed by atoms with Gasteiger partial charge in [-0.05, 0) is 12.3 Å². The van der Waals surface area contributed by atoms with E-state index in [-0.39, 0.29) is 17.4 Å². The van der Waals surface area contributed by atoms with E-state index >= 15 is 0 Å². The minimum absolute atomic E-state index is 0.0421. The molecule has 0 spiro atoms. The molecule has 1 aliphatic heterocycles. The molecule has 1 aromatic carbocycles. The Bertz CT molecular complexity index is 650. The van der Waals surface area contributed by atoms with Crippen LogP contribution in [-0.2, 0) is 9.53 Å². The number of carbonyl (C=O) groups is 1. The smallest absolute Gasteiger partial charge is 0.337 e. The minimum Gasteiger partial charge on any atom is -0.406 e. The highest BCUT2D eigenvalue weighted by Gasteiger charge is 2.31. The van der Waals surface area contributed by atoms with Crippen molar-refractivity contribution in [3.05, 3.63) is 44.0 Å². The molecule has 2 rings (SSSR count). The number of rotatable bonds is 5. The van der Waals surface area contributed by atoms with Crippen LogP contribution in [0.25, 0.3) is 0 Å². The number of hydrogen-bond acceptors (Lipinski definition) is 7. The number of hydrogen-bond donors (Lipinski definition) is 0. The van der Waals surface area contributed by atoms with Crippen LogP contribution in [0.2, 0.25) is 0 Å². The quantitative estimate of drug-likeness (QED) is 0.466. The third-order valence-corrected chi connectivity index (χ3v) is 3.01. The van der Waals surface area contributed by atoms with E-state index in [2.05, 4.69) is 4.99 Å². The summed E-state index contributed by atoms with van der Waals surface area (Å²) in [6.07, 6.45) is 0.472. The van der Waals surface area contributed by atoms with E-state index < -0.39 is 33.2 Å². The summed E-state index contributed by atoms with van der Waals surface area (Å²) >= 11 is 0. The fourth-order valence-electron chi connectivity index (χ4n) is 2.04. The molecule has 0 aliphatic carbocycles. The molecular formula is C13H13N3O6. The summed E-state index contributed by atoms with van der Waals surface area (Å²) in [6.45, 7) is 3.83. The molecular weight excluding hydrogens is 294 g/mol. The first-order chi connectivity index (χ1) is 10.3. The van der Waals surface area contributed by atoms with Crippen molar-refractivity contribution in [1.82, 2.24) is 0 Å². The molecule has 1 aliphatic rings. The van der Waals surface area contributed by atoms with Gasteiger partial charge in [0.1, 0.15) is 0 Å². The monoisotopic (exact) mass is 307 g/mol. The number of ether oxygens (including phenoxy) is 1. The van der Waals surface area contributed by atoms with E-state index in [1.165, 1.54) is 0 Å². The van der Waals surface area contributed by atoms with E-state index in [4.69, 9.17) is 4.74 Å². The van der Waals surface area contributed by atoms with Crippen LogP contribution in [0.3, 0.4) is 0 Å². The molecule has 9 nitrogen and oxygen atoms in total. The van der Waals surface area contributed by atoms with Gasteiger partial charge in [0.05, 0.1) is 21.5 Å². The number of nitro groups is 2. The van der Waals surface area contributed by atoms with E-state index in [0.29, 0.717) is 6.42 Å². The molecule has 0 aromatic heterocycles. The lowest BCUT2D eigenvalue weighted by atomic mass is 10.1. The van der Waals surface area contributed by atoms with Gasteiger partial charge < -0.3 is 4.74 Å². The van der Waals surface area contributed by atoms with E-state index in [9.17, 15) is 25.0 Å². The molecule has 9 heteroatoms. The van der Waals surface area contributed by atoms with Gasteiger partial charge in [-0.2, -0.15) is 0 Å². The van der Waals surface area contributed by atoms with Gasteiger partial charge >= 0.3 is 5.97 Å². The molecule has 0 saturated carbocycles. The van der Waals surface area contributed by atoms with Crippen molar-refractivity contribution < 1.29 is 19.4 Å². The predicted molar refractivity (Wildman–Crippen MR) is 75.6 cm³/mol. The molecule has 0 unspecified atom stereocenters. The van der Waals surface area contributed by atoms with Gasteiger partial charge in [0, 0.05) is 12.1 Å². The molecule has 1 heterocycles. The van der Waals surface area contributed by atoms with Gasteiger partial charge in [-0.1, -0.05) is 13.8 Å². The number of aliphatic imine (C=N–C) groups is 1. The van der Waals surface area contributed by atoms with Crippen LogP contribution >= 0.6 is 0 Å². The Morgan fingerprint density at radius 2 is 1.73 bits per heavy atom. The van der Waals surface area contributed by atoms with Crippen molar-refractivity contribution in [3.63, 3.8) is 0 Å². The van der Waals surface area contributed by atoms with Crippen molar-refractivity contribution in [3.8, 4) is 0 Å². The van der Waals surface area contributed by atoms with Crippen molar-refractivity contribution >= 4 is 23.2 Å². The van der Waals surface area contributed by atoms with Gasteiger partial charge in [0.2, 0.25) is 5.90 Å². The van der Waals surface area contributed by atoms with Crippen LogP contribution in [-0.4, -0.2) is 27.8 Å². The maximum Gasteiger partial charge on any atom is 0.337 e. The molecule has 0 bridgehead atoms. The normalized spacial score (nSPS) is 17.3. The second kappa shape index (κ2) is 5.88. The summed E-state index contributed by atoms with van der Waals surface area (Å²) in [6, 6.07) is 2.34. The standard InChI is InChI=1S/C13H13N3O6/c1-7(2)3-11-13(17)22-12(14-11)8-4-9(15(18)19)6-10(5-8)16(20)21/h4-7,11H,3H2,1-2H3/t11-/m0/s1. The zero-order valence-corrected chi connectivity index (χ0v) is 11.9. The first-order valence-electron chi connectivity index (χ1n) is 6.51. The molecule has 0 radical (unpaired) electrons. The predicted octanol–water partition coefficient (Wildman–Crippen LogP) is 2.22. The summed E-state index contributed by atoms with van der Waals surface area (Å²) in [7, 11) is 0.